The maximum atomic E-state index is 12.4. The van der Waals surface area contributed by atoms with Gasteiger partial charge in [-0.15, -0.1) is 4.28 Å². The van der Waals surface area contributed by atoms with Gasteiger partial charge in [-0.05, 0) is 32.7 Å². The van der Waals surface area contributed by atoms with E-state index in [2.05, 4.69) is 14.7 Å². The van der Waals surface area contributed by atoms with Crippen LogP contribution in [0.3, 0.4) is 0 Å². The van der Waals surface area contributed by atoms with Crippen molar-refractivity contribution in [3.05, 3.63) is 0 Å². The first-order chi connectivity index (χ1) is 11.7. The Morgan fingerprint density at radius 2 is 1.92 bits per heavy atom. The smallest absolute Gasteiger partial charge is 0.309 e. The van der Waals surface area contributed by atoms with Gasteiger partial charge in [0.15, 0.2) is 0 Å². The summed E-state index contributed by atoms with van der Waals surface area (Å²) in [6.45, 7) is 1.93. The summed E-state index contributed by atoms with van der Waals surface area (Å²) in [6, 6.07) is -2.04. The molecular weight excluding hydrogens is 356 g/mol. The Balaban J connectivity index is 1.55. The number of amides is 3. The van der Waals surface area contributed by atoms with Crippen molar-refractivity contribution in [1.29, 1.82) is 0 Å². The number of nitrogens with one attached hydrogen (secondary N) is 1. The fourth-order valence-electron chi connectivity index (χ4n) is 3.42. The van der Waals surface area contributed by atoms with Crippen LogP contribution in [0.25, 0.3) is 0 Å². The highest BCUT2D eigenvalue weighted by Gasteiger charge is 2.49. The van der Waals surface area contributed by atoms with Crippen LogP contribution in [0.2, 0.25) is 0 Å². The minimum atomic E-state index is -4.80. The molecule has 3 aliphatic heterocycles. The molecule has 3 amide bonds. The number of hydroxylamine groups is 3. The normalized spacial score (nSPS) is 28.5. The number of fused-ring (bicyclic) bond motifs is 2. The van der Waals surface area contributed by atoms with E-state index in [-0.39, 0.29) is 12.6 Å². The molecule has 3 fully saturated rings. The van der Waals surface area contributed by atoms with E-state index < -0.39 is 34.4 Å². The van der Waals surface area contributed by atoms with E-state index in [1.54, 1.807) is 0 Å². The van der Waals surface area contributed by atoms with Crippen molar-refractivity contribution >= 4 is 22.3 Å². The molecule has 0 aromatic carbocycles. The molecular formula is C13H22N4O7S. The predicted molar refractivity (Wildman–Crippen MR) is 83.1 cm³/mol. The van der Waals surface area contributed by atoms with E-state index in [1.807, 2.05) is 7.05 Å². The van der Waals surface area contributed by atoms with Gasteiger partial charge in [0.25, 0.3) is 5.91 Å². The zero-order valence-electron chi connectivity index (χ0n) is 13.8. The molecule has 25 heavy (non-hydrogen) atoms. The average molecular weight is 378 g/mol. The lowest BCUT2D eigenvalue weighted by molar-refractivity contribution is -0.146. The van der Waals surface area contributed by atoms with Crippen LogP contribution in [0.5, 0.6) is 0 Å². The van der Waals surface area contributed by atoms with E-state index in [4.69, 9.17) is 9.39 Å². The Kier molecular flexibility index (Phi) is 5.16. The van der Waals surface area contributed by atoms with Crippen LogP contribution in [0.1, 0.15) is 25.7 Å². The van der Waals surface area contributed by atoms with Gasteiger partial charge < -0.3 is 9.80 Å². The molecule has 1 unspecified atom stereocenters. The number of hydrogen-bond acceptors (Lipinski definition) is 7. The van der Waals surface area contributed by atoms with E-state index in [1.165, 1.54) is 4.90 Å². The quantitative estimate of drug-likeness (QED) is 0.467. The minimum absolute atomic E-state index is 0.0647. The lowest BCUT2D eigenvalue weighted by atomic mass is 10.0. The predicted octanol–water partition coefficient (Wildman–Crippen LogP) is -0.869. The second-order valence-electron chi connectivity index (χ2n) is 6.60. The Morgan fingerprint density at radius 3 is 2.56 bits per heavy atom. The molecule has 0 spiro atoms. The first kappa shape index (κ1) is 18.3. The fourth-order valence-corrected chi connectivity index (χ4v) is 3.80. The zero-order valence-corrected chi connectivity index (χ0v) is 14.6. The summed E-state index contributed by atoms with van der Waals surface area (Å²) >= 11 is 0. The lowest BCUT2D eigenvalue weighted by Gasteiger charge is -2.31. The first-order valence-electron chi connectivity index (χ1n) is 8.15. The first-order valence-corrected chi connectivity index (χ1v) is 9.52. The molecule has 11 nitrogen and oxygen atoms in total. The lowest BCUT2D eigenvalue weighted by Crippen LogP contribution is -2.50. The van der Waals surface area contributed by atoms with E-state index in [9.17, 15) is 18.0 Å². The Morgan fingerprint density at radius 1 is 1.24 bits per heavy atom. The largest absolute Gasteiger partial charge is 0.418 e. The summed E-state index contributed by atoms with van der Waals surface area (Å²) in [5.41, 5.74) is 2.43. The SMILES string of the molecule is CN1CCC(ONC(=O)[C@@H]2CCC3CN2C(=O)N3OS(=O)(=O)O)CC1. The number of piperidine rings is 2. The van der Waals surface area contributed by atoms with Crippen LogP contribution in [0.4, 0.5) is 4.79 Å². The minimum Gasteiger partial charge on any atom is -0.309 e. The molecule has 2 N–H and O–H groups in total. The second-order valence-corrected chi connectivity index (χ2v) is 7.60. The number of rotatable bonds is 5. The van der Waals surface area contributed by atoms with Crippen LogP contribution >= 0.6 is 0 Å². The van der Waals surface area contributed by atoms with Gasteiger partial charge in [-0.2, -0.15) is 13.5 Å². The molecule has 3 heterocycles. The summed E-state index contributed by atoms with van der Waals surface area (Å²) in [5.74, 6) is -0.445. The summed E-state index contributed by atoms with van der Waals surface area (Å²) < 4.78 is 34.8. The third-order valence-electron chi connectivity index (χ3n) is 4.79. The van der Waals surface area contributed by atoms with Crippen LogP contribution in [0, 0.1) is 0 Å². The van der Waals surface area contributed by atoms with Crippen LogP contribution in [0.15, 0.2) is 0 Å². The molecule has 2 atom stereocenters. The van der Waals surface area contributed by atoms with E-state index >= 15 is 0 Å². The molecule has 0 saturated carbocycles. The highest BCUT2D eigenvalue weighted by Crippen LogP contribution is 2.30. The molecule has 3 aliphatic rings. The monoisotopic (exact) mass is 378 g/mol. The number of likely N-dealkylation sites (tertiary alicyclic amines) is 1. The van der Waals surface area contributed by atoms with Gasteiger partial charge in [-0.3, -0.25) is 14.2 Å². The molecule has 142 valence electrons. The van der Waals surface area contributed by atoms with Gasteiger partial charge in [0.1, 0.15) is 6.04 Å². The van der Waals surface area contributed by atoms with Gasteiger partial charge in [-0.1, -0.05) is 0 Å². The standard InChI is InChI=1S/C13H22N4O7S/c1-15-6-4-10(5-7-15)23-14-12(18)11-3-2-9-8-16(11)13(19)17(9)24-25(20,21)22/h9-11H,2-8H2,1H3,(H,14,18)(H,20,21,22)/t9?,11-/m0/s1. The van der Waals surface area contributed by atoms with Gasteiger partial charge >= 0.3 is 16.4 Å². The summed E-state index contributed by atoms with van der Waals surface area (Å²) in [5, 5.41) is 0.612. The third-order valence-corrected chi connectivity index (χ3v) is 5.14. The van der Waals surface area contributed by atoms with Crippen molar-refractivity contribution in [3.63, 3.8) is 0 Å². The highest BCUT2D eigenvalue weighted by molar-refractivity contribution is 7.80. The second kappa shape index (κ2) is 7.03. The highest BCUT2D eigenvalue weighted by atomic mass is 32.3. The number of nitrogens with zero attached hydrogens (tertiary/aromatic N) is 3. The van der Waals surface area contributed by atoms with Crippen molar-refractivity contribution in [2.24, 2.45) is 0 Å². The molecule has 12 heteroatoms. The fraction of sp³-hybridized carbons (Fsp3) is 0.846. The average Bonchev–Trinajstić information content (AvgIpc) is 2.78. The molecule has 3 saturated heterocycles. The molecule has 0 aromatic heterocycles. The number of hydrogen-bond donors (Lipinski definition) is 2. The molecule has 3 rings (SSSR count). The summed E-state index contributed by atoms with van der Waals surface area (Å²) in [4.78, 5) is 33.5. The number of carbonyl (C=O) groups is 2. The van der Waals surface area contributed by atoms with Crippen molar-refractivity contribution in [3.8, 4) is 0 Å². The van der Waals surface area contributed by atoms with Crippen LogP contribution in [-0.2, 0) is 24.3 Å². The van der Waals surface area contributed by atoms with E-state index in [0.29, 0.717) is 17.9 Å². The van der Waals surface area contributed by atoms with Crippen molar-refractivity contribution in [2.75, 3.05) is 26.7 Å². The topological polar surface area (TPSA) is 129 Å². The van der Waals surface area contributed by atoms with Crippen molar-refractivity contribution in [2.45, 2.75) is 43.9 Å². The van der Waals surface area contributed by atoms with Crippen molar-refractivity contribution < 1.29 is 31.7 Å². The van der Waals surface area contributed by atoms with Crippen LogP contribution in [-0.4, -0.2) is 84.6 Å². The molecule has 2 bridgehead atoms. The zero-order chi connectivity index (χ0) is 18.2. The summed E-state index contributed by atoms with van der Waals surface area (Å²) in [7, 11) is -2.78. The summed E-state index contributed by atoms with van der Waals surface area (Å²) in [6.07, 6.45) is 2.28. The maximum absolute atomic E-state index is 12.4. The van der Waals surface area contributed by atoms with Gasteiger partial charge in [-0.25, -0.2) is 10.3 Å². The van der Waals surface area contributed by atoms with Crippen molar-refractivity contribution in [1.82, 2.24) is 20.3 Å². The van der Waals surface area contributed by atoms with E-state index in [0.717, 1.165) is 25.9 Å². The Labute approximate surface area is 145 Å². The van der Waals surface area contributed by atoms with Gasteiger partial charge in [0.2, 0.25) is 0 Å². The molecule has 0 aliphatic carbocycles. The third kappa shape index (κ3) is 4.20. The van der Waals surface area contributed by atoms with Crippen LogP contribution < -0.4 is 5.48 Å². The van der Waals surface area contributed by atoms with Gasteiger partial charge in [0.05, 0.1) is 12.1 Å². The number of urea groups is 1. The molecule has 0 aromatic rings. The number of carbonyl (C=O) groups excluding carboxylic acids is 2. The Hall–Kier alpha value is -1.47. The molecule has 0 radical (unpaired) electrons. The maximum Gasteiger partial charge on any atom is 0.418 e. The van der Waals surface area contributed by atoms with Gasteiger partial charge in [0, 0.05) is 19.6 Å². The Bertz CT molecular complexity index is 634.